The Morgan fingerprint density at radius 1 is 1.12 bits per heavy atom. The number of nitrogens with zero attached hydrogens (tertiary/aromatic N) is 2. The largest absolute Gasteiger partial charge is 0.353 e. The van der Waals surface area contributed by atoms with Crippen LogP contribution in [0.2, 0.25) is 0 Å². The fraction of sp³-hybridized carbons (Fsp3) is 0.571. The Morgan fingerprint density at radius 3 is 2.65 bits per heavy atom. The smallest absolute Gasteiger partial charge is 0.274 e. The molecule has 0 unspecified atom stereocenters. The first-order valence-electron chi connectivity index (χ1n) is 9.86. The summed E-state index contributed by atoms with van der Waals surface area (Å²) >= 11 is 0. The van der Waals surface area contributed by atoms with Crippen LogP contribution in [0.5, 0.6) is 0 Å². The predicted octanol–water partition coefficient (Wildman–Crippen LogP) is 2.95. The molecule has 2 aliphatic carbocycles. The van der Waals surface area contributed by atoms with E-state index in [4.69, 9.17) is 0 Å². The topological polar surface area (TPSA) is 64.0 Å². The summed E-state index contributed by atoms with van der Waals surface area (Å²) in [4.78, 5) is 24.9. The number of carbonyl (C=O) groups excluding carboxylic acids is 1. The molecule has 0 radical (unpaired) electrons. The average Bonchev–Trinajstić information content (AvgIpc) is 2.66. The van der Waals surface area contributed by atoms with E-state index < -0.39 is 0 Å². The van der Waals surface area contributed by atoms with Crippen LogP contribution in [-0.2, 0) is 18.3 Å². The average molecular weight is 353 g/mol. The van der Waals surface area contributed by atoms with Crippen LogP contribution >= 0.6 is 0 Å². The van der Waals surface area contributed by atoms with Gasteiger partial charge in [0, 0.05) is 18.5 Å². The fourth-order valence-corrected chi connectivity index (χ4v) is 4.94. The summed E-state index contributed by atoms with van der Waals surface area (Å²) in [7, 11) is 1.64. The first kappa shape index (κ1) is 17.3. The minimum atomic E-state index is -0.125. The van der Waals surface area contributed by atoms with E-state index in [1.807, 2.05) is 18.2 Å². The van der Waals surface area contributed by atoms with Gasteiger partial charge >= 0.3 is 0 Å². The molecule has 3 atom stereocenters. The van der Waals surface area contributed by atoms with Crippen LogP contribution in [0.25, 0.3) is 10.8 Å². The van der Waals surface area contributed by atoms with E-state index in [9.17, 15) is 9.59 Å². The van der Waals surface area contributed by atoms with Crippen molar-refractivity contribution < 1.29 is 4.79 Å². The van der Waals surface area contributed by atoms with Crippen molar-refractivity contribution >= 4 is 16.7 Å². The van der Waals surface area contributed by atoms with Crippen molar-refractivity contribution in [1.82, 2.24) is 15.1 Å². The van der Waals surface area contributed by atoms with Crippen LogP contribution in [-0.4, -0.2) is 21.7 Å². The van der Waals surface area contributed by atoms with Crippen LogP contribution < -0.4 is 10.9 Å². The molecule has 1 amide bonds. The number of hydrogen-bond acceptors (Lipinski definition) is 3. The summed E-state index contributed by atoms with van der Waals surface area (Å²) in [5.41, 5.74) is 0.548. The van der Waals surface area contributed by atoms with Gasteiger partial charge in [0.05, 0.1) is 17.5 Å². The summed E-state index contributed by atoms with van der Waals surface area (Å²) in [5, 5.41) is 8.98. The van der Waals surface area contributed by atoms with Crippen LogP contribution in [0.3, 0.4) is 0 Å². The first-order valence-corrected chi connectivity index (χ1v) is 9.86. The number of benzene rings is 1. The maximum atomic E-state index is 12.6. The molecule has 0 saturated heterocycles. The highest BCUT2D eigenvalue weighted by Gasteiger charge is 2.32. The Labute approximate surface area is 153 Å². The third-order valence-electron chi connectivity index (χ3n) is 6.27. The van der Waals surface area contributed by atoms with E-state index in [2.05, 4.69) is 10.4 Å². The predicted molar refractivity (Wildman–Crippen MR) is 102 cm³/mol. The lowest BCUT2D eigenvalue weighted by atomic mass is 9.69. The summed E-state index contributed by atoms with van der Waals surface area (Å²) in [6.07, 6.45) is 9.10. The SMILES string of the molecule is Cn1nc(CC(=O)N[C@@H]2CC[C@@H]3CCCC[C@H]3C2)c2ccccc2c1=O. The molecule has 1 aromatic heterocycles. The zero-order chi connectivity index (χ0) is 18.1. The lowest BCUT2D eigenvalue weighted by molar-refractivity contribution is -0.121. The third kappa shape index (κ3) is 3.39. The molecule has 2 aliphatic rings. The molecule has 2 aromatic rings. The van der Waals surface area contributed by atoms with E-state index in [1.165, 1.54) is 36.8 Å². The Morgan fingerprint density at radius 2 is 1.85 bits per heavy atom. The number of nitrogens with one attached hydrogen (secondary N) is 1. The van der Waals surface area contributed by atoms with Crippen molar-refractivity contribution in [2.24, 2.45) is 18.9 Å². The zero-order valence-corrected chi connectivity index (χ0v) is 15.4. The molecule has 26 heavy (non-hydrogen) atoms. The summed E-state index contributed by atoms with van der Waals surface area (Å²) < 4.78 is 1.33. The second-order valence-electron chi connectivity index (χ2n) is 7.98. The van der Waals surface area contributed by atoms with Gasteiger partial charge in [-0.3, -0.25) is 9.59 Å². The van der Waals surface area contributed by atoms with Crippen molar-refractivity contribution in [1.29, 1.82) is 0 Å². The van der Waals surface area contributed by atoms with Gasteiger partial charge in [-0.25, -0.2) is 4.68 Å². The highest BCUT2D eigenvalue weighted by atomic mass is 16.1. The van der Waals surface area contributed by atoms with Crippen molar-refractivity contribution in [2.45, 2.75) is 57.4 Å². The Balaban J connectivity index is 1.46. The number of amides is 1. The monoisotopic (exact) mass is 353 g/mol. The molecule has 0 spiro atoms. The molecule has 5 nitrogen and oxygen atoms in total. The van der Waals surface area contributed by atoms with E-state index in [1.54, 1.807) is 13.1 Å². The van der Waals surface area contributed by atoms with Gasteiger partial charge in [0.1, 0.15) is 0 Å². The number of carbonyl (C=O) groups is 1. The van der Waals surface area contributed by atoms with Crippen molar-refractivity contribution in [3.05, 3.63) is 40.3 Å². The van der Waals surface area contributed by atoms with Gasteiger partial charge < -0.3 is 5.32 Å². The summed E-state index contributed by atoms with van der Waals surface area (Å²) in [5.74, 6) is 1.69. The van der Waals surface area contributed by atoms with Gasteiger partial charge in [-0.2, -0.15) is 5.10 Å². The molecule has 1 aromatic carbocycles. The second kappa shape index (κ2) is 7.22. The van der Waals surface area contributed by atoms with Crippen LogP contribution in [0.15, 0.2) is 29.1 Å². The van der Waals surface area contributed by atoms with Gasteiger partial charge in [-0.1, -0.05) is 43.9 Å². The van der Waals surface area contributed by atoms with Crippen LogP contribution in [0, 0.1) is 11.8 Å². The van der Waals surface area contributed by atoms with E-state index in [-0.39, 0.29) is 17.9 Å². The van der Waals surface area contributed by atoms with Crippen molar-refractivity contribution in [3.63, 3.8) is 0 Å². The van der Waals surface area contributed by atoms with Crippen LogP contribution in [0.4, 0.5) is 0 Å². The molecule has 4 rings (SSSR count). The number of aryl methyl sites for hydroxylation is 1. The number of fused-ring (bicyclic) bond motifs is 2. The molecule has 0 aliphatic heterocycles. The molecule has 5 heteroatoms. The Bertz CT molecular complexity index is 873. The fourth-order valence-electron chi connectivity index (χ4n) is 4.94. The molecule has 2 fully saturated rings. The minimum absolute atomic E-state index is 0.0144. The number of hydrogen-bond donors (Lipinski definition) is 1. The lowest BCUT2D eigenvalue weighted by Crippen LogP contribution is -2.42. The quantitative estimate of drug-likeness (QED) is 0.923. The van der Waals surface area contributed by atoms with Crippen molar-refractivity contribution in [3.8, 4) is 0 Å². The maximum absolute atomic E-state index is 12.6. The molecule has 0 bridgehead atoms. The van der Waals surface area contributed by atoms with Gasteiger partial charge in [0.15, 0.2) is 0 Å². The molecular weight excluding hydrogens is 326 g/mol. The number of rotatable bonds is 3. The van der Waals surface area contributed by atoms with Crippen molar-refractivity contribution in [2.75, 3.05) is 0 Å². The summed E-state index contributed by atoms with van der Waals surface area (Å²) in [6.45, 7) is 0. The molecule has 1 heterocycles. The lowest BCUT2D eigenvalue weighted by Gasteiger charge is -2.39. The number of aromatic nitrogens is 2. The van der Waals surface area contributed by atoms with Gasteiger partial charge in [0.25, 0.3) is 5.56 Å². The van der Waals surface area contributed by atoms with E-state index in [0.29, 0.717) is 17.1 Å². The third-order valence-corrected chi connectivity index (χ3v) is 6.27. The Hall–Kier alpha value is -2.17. The van der Waals surface area contributed by atoms with Gasteiger partial charge in [-0.15, -0.1) is 0 Å². The van der Waals surface area contributed by atoms with Crippen LogP contribution in [0.1, 0.15) is 50.6 Å². The normalized spacial score (nSPS) is 25.7. The maximum Gasteiger partial charge on any atom is 0.274 e. The zero-order valence-electron chi connectivity index (χ0n) is 15.4. The highest BCUT2D eigenvalue weighted by Crippen LogP contribution is 2.40. The summed E-state index contributed by atoms with van der Waals surface area (Å²) in [6, 6.07) is 7.69. The van der Waals surface area contributed by atoms with Gasteiger partial charge in [0.2, 0.25) is 5.91 Å². The van der Waals surface area contributed by atoms with Gasteiger partial charge in [-0.05, 0) is 37.2 Å². The second-order valence-corrected chi connectivity index (χ2v) is 7.98. The van der Waals surface area contributed by atoms with E-state index >= 15 is 0 Å². The molecule has 2 saturated carbocycles. The Kier molecular flexibility index (Phi) is 4.79. The minimum Gasteiger partial charge on any atom is -0.353 e. The van der Waals surface area contributed by atoms with E-state index in [0.717, 1.165) is 30.1 Å². The highest BCUT2D eigenvalue weighted by molar-refractivity contribution is 5.88. The standard InChI is InChI=1S/C21H27N3O2/c1-24-21(26)18-9-5-4-8-17(18)19(23-24)13-20(25)22-16-11-10-14-6-2-3-7-15(14)12-16/h4-5,8-9,14-16H,2-3,6-7,10-13H2,1H3,(H,22,25)/t14-,15-,16+/m0/s1. The molecular formula is C21H27N3O2. The molecule has 1 N–H and O–H groups in total. The molecule has 138 valence electrons. The first-order chi connectivity index (χ1) is 12.6.